The zero-order chi connectivity index (χ0) is 10.4. The fourth-order valence-electron chi connectivity index (χ4n) is 1.51. The van der Waals surface area contributed by atoms with E-state index in [9.17, 15) is 4.79 Å². The summed E-state index contributed by atoms with van der Waals surface area (Å²) in [6, 6.07) is -0.0865. The molecule has 0 aromatic heterocycles. The average molecular weight is 211 g/mol. The summed E-state index contributed by atoms with van der Waals surface area (Å²) >= 11 is 4.54. The van der Waals surface area contributed by atoms with Gasteiger partial charge in [-0.15, -0.1) is 0 Å². The highest BCUT2D eigenvalue weighted by atomic mass is 32.1. The first-order chi connectivity index (χ1) is 6.79. The Morgan fingerprint density at radius 2 is 2.36 bits per heavy atom. The molecule has 0 saturated carbocycles. The van der Waals surface area contributed by atoms with Gasteiger partial charge in [-0.05, 0) is 32.0 Å². The van der Waals surface area contributed by atoms with Crippen molar-refractivity contribution in [1.29, 1.82) is 0 Å². The Balaban J connectivity index is 2.68. The molecule has 1 rings (SSSR count). The zero-order valence-electron chi connectivity index (χ0n) is 8.10. The summed E-state index contributed by atoms with van der Waals surface area (Å²) < 4.78 is 4.96. The summed E-state index contributed by atoms with van der Waals surface area (Å²) in [5, 5.41) is 2.33. The molecule has 0 bridgehead atoms. The molecule has 14 heavy (non-hydrogen) atoms. The first-order valence-electron chi connectivity index (χ1n) is 4.68. The molecular formula is C10H13NO2S. The maximum Gasteiger partial charge on any atom is 0.311 e. The quantitative estimate of drug-likeness (QED) is 0.310. The smallest absolute Gasteiger partial charge is 0.311 e. The van der Waals surface area contributed by atoms with Crippen LogP contribution in [0.25, 0.3) is 0 Å². The fourth-order valence-corrected chi connectivity index (χ4v) is 1.65. The van der Waals surface area contributed by atoms with Crippen molar-refractivity contribution in [2.45, 2.75) is 25.8 Å². The largest absolute Gasteiger partial charge is 0.466 e. The molecule has 0 fully saturated rings. The number of hydrogen-bond donors (Lipinski definition) is 0. The van der Waals surface area contributed by atoms with Gasteiger partial charge in [0.2, 0.25) is 0 Å². The number of carbonyl (C=O) groups excluding carboxylic acids is 1. The molecule has 0 N–H and O–H groups in total. The van der Waals surface area contributed by atoms with Gasteiger partial charge >= 0.3 is 5.97 Å². The first-order valence-corrected chi connectivity index (χ1v) is 5.09. The number of hydrogen-bond acceptors (Lipinski definition) is 4. The minimum Gasteiger partial charge on any atom is -0.466 e. The van der Waals surface area contributed by atoms with Gasteiger partial charge in [0.25, 0.3) is 0 Å². The third-order valence-corrected chi connectivity index (χ3v) is 2.31. The number of allylic oxidation sites excluding steroid dienone is 1. The lowest BCUT2D eigenvalue weighted by atomic mass is 9.89. The molecule has 0 aliphatic heterocycles. The lowest BCUT2D eigenvalue weighted by Crippen LogP contribution is -2.29. The van der Waals surface area contributed by atoms with Crippen LogP contribution in [0.2, 0.25) is 0 Å². The second kappa shape index (κ2) is 5.68. The Hall–Kier alpha value is -0.990. The second-order valence-corrected chi connectivity index (χ2v) is 3.27. The van der Waals surface area contributed by atoms with Crippen molar-refractivity contribution in [2.24, 2.45) is 10.9 Å². The van der Waals surface area contributed by atoms with E-state index in [1.54, 1.807) is 6.92 Å². The van der Waals surface area contributed by atoms with Crippen molar-refractivity contribution >= 4 is 23.3 Å². The number of isothiocyanates is 1. The van der Waals surface area contributed by atoms with Crippen LogP contribution in [0.1, 0.15) is 19.8 Å². The Kier molecular flexibility index (Phi) is 4.50. The normalized spacial score (nSPS) is 25.2. The van der Waals surface area contributed by atoms with E-state index in [0.717, 1.165) is 6.42 Å². The van der Waals surface area contributed by atoms with Crippen LogP contribution in [0.5, 0.6) is 0 Å². The Morgan fingerprint density at radius 1 is 1.64 bits per heavy atom. The van der Waals surface area contributed by atoms with E-state index in [-0.39, 0.29) is 17.9 Å². The lowest BCUT2D eigenvalue weighted by molar-refractivity contribution is -0.148. The standard InChI is InChI=1S/C10H13NO2S/c1-2-13-10(12)8-5-3-4-6-9(8)11-7-14/h3-4,8-9H,2,5-6H2,1H3/t8-,9+/m0/s1. The van der Waals surface area contributed by atoms with Crippen molar-refractivity contribution in [3.63, 3.8) is 0 Å². The number of thiocarbonyl (C=S) groups is 1. The number of rotatable bonds is 3. The summed E-state index contributed by atoms with van der Waals surface area (Å²) in [5.74, 6) is -0.369. The van der Waals surface area contributed by atoms with Crippen LogP contribution in [-0.2, 0) is 9.53 Å². The molecule has 1 aliphatic rings. The Morgan fingerprint density at radius 3 is 3.00 bits per heavy atom. The summed E-state index contributed by atoms with van der Waals surface area (Å²) in [6.07, 6.45) is 5.42. The monoisotopic (exact) mass is 211 g/mol. The van der Waals surface area contributed by atoms with E-state index in [1.165, 1.54) is 0 Å². The number of aliphatic imine (C=N–C) groups is 1. The maximum atomic E-state index is 11.5. The van der Waals surface area contributed by atoms with Gasteiger partial charge in [-0.25, -0.2) is 4.99 Å². The molecule has 1 aliphatic carbocycles. The van der Waals surface area contributed by atoms with Gasteiger partial charge in [0, 0.05) is 0 Å². The molecule has 3 nitrogen and oxygen atoms in total. The summed E-state index contributed by atoms with van der Waals surface area (Å²) in [4.78, 5) is 15.5. The van der Waals surface area contributed by atoms with Crippen LogP contribution < -0.4 is 0 Å². The fraction of sp³-hybridized carbons (Fsp3) is 0.600. The predicted octanol–water partition coefficient (Wildman–Crippen LogP) is 1.99. The number of ether oxygens (including phenoxy) is 1. The molecule has 0 aromatic carbocycles. The van der Waals surface area contributed by atoms with Crippen LogP contribution >= 0.6 is 12.2 Å². The van der Waals surface area contributed by atoms with Crippen molar-refractivity contribution in [2.75, 3.05) is 6.61 Å². The minimum absolute atomic E-state index is 0.0865. The molecule has 0 heterocycles. The van der Waals surface area contributed by atoms with E-state index in [0.29, 0.717) is 13.0 Å². The average Bonchev–Trinajstić information content (AvgIpc) is 2.19. The molecule has 0 saturated heterocycles. The maximum absolute atomic E-state index is 11.5. The van der Waals surface area contributed by atoms with Crippen molar-refractivity contribution < 1.29 is 9.53 Å². The molecule has 2 atom stereocenters. The molecule has 0 spiro atoms. The summed E-state index contributed by atoms with van der Waals surface area (Å²) in [5.41, 5.74) is 0. The molecule has 0 unspecified atom stereocenters. The number of carbonyl (C=O) groups is 1. The molecule has 0 amide bonds. The summed E-state index contributed by atoms with van der Waals surface area (Å²) in [7, 11) is 0. The van der Waals surface area contributed by atoms with Gasteiger partial charge in [0.1, 0.15) is 0 Å². The van der Waals surface area contributed by atoms with E-state index in [4.69, 9.17) is 4.74 Å². The SMILES string of the molecule is CCOC(=O)[C@H]1CC=CC[C@H]1N=C=S. The van der Waals surface area contributed by atoms with E-state index in [2.05, 4.69) is 22.4 Å². The lowest BCUT2D eigenvalue weighted by Gasteiger charge is -2.22. The predicted molar refractivity (Wildman–Crippen MR) is 57.3 cm³/mol. The zero-order valence-corrected chi connectivity index (χ0v) is 8.92. The number of esters is 1. The van der Waals surface area contributed by atoms with Gasteiger partial charge in [-0.3, -0.25) is 4.79 Å². The van der Waals surface area contributed by atoms with Crippen LogP contribution in [0.4, 0.5) is 0 Å². The van der Waals surface area contributed by atoms with Gasteiger partial charge in [0.15, 0.2) is 0 Å². The highest BCUT2D eigenvalue weighted by Gasteiger charge is 2.29. The highest BCUT2D eigenvalue weighted by Crippen LogP contribution is 2.23. The minimum atomic E-state index is -0.185. The molecular weight excluding hydrogens is 198 g/mol. The highest BCUT2D eigenvalue weighted by molar-refractivity contribution is 7.78. The van der Waals surface area contributed by atoms with E-state index >= 15 is 0 Å². The van der Waals surface area contributed by atoms with Crippen molar-refractivity contribution in [3.8, 4) is 0 Å². The first kappa shape index (κ1) is 11.1. The third-order valence-electron chi connectivity index (χ3n) is 2.21. The summed E-state index contributed by atoms with van der Waals surface area (Å²) in [6.45, 7) is 2.21. The van der Waals surface area contributed by atoms with Crippen molar-refractivity contribution in [3.05, 3.63) is 12.2 Å². The van der Waals surface area contributed by atoms with Gasteiger partial charge in [-0.2, -0.15) is 0 Å². The van der Waals surface area contributed by atoms with E-state index < -0.39 is 0 Å². The van der Waals surface area contributed by atoms with Crippen molar-refractivity contribution in [1.82, 2.24) is 0 Å². The molecule has 4 heteroatoms. The van der Waals surface area contributed by atoms with Crippen LogP contribution in [-0.4, -0.2) is 23.8 Å². The van der Waals surface area contributed by atoms with E-state index in [1.807, 2.05) is 12.2 Å². The van der Waals surface area contributed by atoms with Crippen LogP contribution in [0, 0.1) is 5.92 Å². The molecule has 76 valence electrons. The molecule has 0 radical (unpaired) electrons. The van der Waals surface area contributed by atoms with Gasteiger partial charge < -0.3 is 4.74 Å². The van der Waals surface area contributed by atoms with Gasteiger partial charge in [0.05, 0.1) is 23.7 Å². The Bertz CT molecular complexity index is 282. The third kappa shape index (κ3) is 2.76. The topological polar surface area (TPSA) is 38.7 Å². The molecule has 0 aromatic rings. The van der Waals surface area contributed by atoms with Crippen LogP contribution in [0.15, 0.2) is 17.1 Å². The Labute approximate surface area is 88.9 Å². The van der Waals surface area contributed by atoms with Crippen LogP contribution in [0.3, 0.4) is 0 Å². The number of nitrogens with zero attached hydrogens (tertiary/aromatic N) is 1. The second-order valence-electron chi connectivity index (χ2n) is 3.09. The van der Waals surface area contributed by atoms with Gasteiger partial charge in [-0.1, -0.05) is 12.2 Å².